The predicted molar refractivity (Wildman–Crippen MR) is 92.8 cm³/mol. The van der Waals surface area contributed by atoms with E-state index < -0.39 is 41.3 Å². The molecule has 146 valence electrons. The van der Waals surface area contributed by atoms with E-state index in [2.05, 4.69) is 15.7 Å². The summed E-state index contributed by atoms with van der Waals surface area (Å²) in [5.41, 5.74) is -0.882. The number of carbonyl (C=O) groups excluding carboxylic acids is 2. The van der Waals surface area contributed by atoms with Crippen LogP contribution in [0.15, 0.2) is 36.5 Å². The predicted octanol–water partition coefficient (Wildman–Crippen LogP) is 2.92. The van der Waals surface area contributed by atoms with Crippen LogP contribution in [0, 0.1) is 0 Å². The van der Waals surface area contributed by atoms with Gasteiger partial charge < -0.3 is 10.6 Å². The molecule has 1 aromatic carbocycles. The van der Waals surface area contributed by atoms with Gasteiger partial charge in [0.05, 0.1) is 11.8 Å². The Balaban J connectivity index is 2.07. The van der Waals surface area contributed by atoms with Gasteiger partial charge in [-0.25, -0.2) is 0 Å². The van der Waals surface area contributed by atoms with Crippen molar-refractivity contribution in [1.29, 1.82) is 0 Å². The normalized spacial score (nSPS) is 12.7. The number of nitrogens with one attached hydrogen (secondary N) is 2. The van der Waals surface area contributed by atoms with E-state index in [0.717, 1.165) is 16.4 Å². The van der Waals surface area contributed by atoms with E-state index in [9.17, 15) is 22.8 Å². The van der Waals surface area contributed by atoms with Gasteiger partial charge in [0, 0.05) is 12.6 Å². The largest absolute Gasteiger partial charge is 0.433 e. The molecule has 0 aliphatic rings. The molecule has 2 amide bonds. The van der Waals surface area contributed by atoms with Crippen molar-refractivity contribution in [2.75, 3.05) is 0 Å². The molecule has 1 heterocycles. The van der Waals surface area contributed by atoms with Crippen molar-refractivity contribution < 1.29 is 22.8 Å². The Bertz CT molecular complexity index is 801. The van der Waals surface area contributed by atoms with Crippen molar-refractivity contribution in [2.45, 2.75) is 45.6 Å². The maximum absolute atomic E-state index is 13.3. The first-order valence-corrected chi connectivity index (χ1v) is 8.38. The first-order chi connectivity index (χ1) is 12.6. The number of nitrogens with zero attached hydrogens (tertiary/aromatic N) is 2. The number of halogens is 3. The van der Waals surface area contributed by atoms with Crippen LogP contribution in [0.25, 0.3) is 0 Å². The highest BCUT2D eigenvalue weighted by Gasteiger charge is 2.40. The van der Waals surface area contributed by atoms with Gasteiger partial charge >= 0.3 is 6.18 Å². The summed E-state index contributed by atoms with van der Waals surface area (Å²) in [7, 11) is 0. The topological polar surface area (TPSA) is 76.0 Å². The molecule has 0 spiro atoms. The monoisotopic (exact) mass is 382 g/mol. The van der Waals surface area contributed by atoms with Gasteiger partial charge in [-0.3, -0.25) is 14.3 Å². The summed E-state index contributed by atoms with van der Waals surface area (Å²) < 4.78 is 40.8. The Morgan fingerprint density at radius 1 is 1.15 bits per heavy atom. The van der Waals surface area contributed by atoms with Crippen molar-refractivity contribution >= 4 is 11.8 Å². The van der Waals surface area contributed by atoms with Crippen LogP contribution < -0.4 is 10.6 Å². The van der Waals surface area contributed by atoms with Crippen LogP contribution in [0.3, 0.4) is 0 Å². The van der Waals surface area contributed by atoms with Gasteiger partial charge in [0.15, 0.2) is 5.69 Å². The van der Waals surface area contributed by atoms with E-state index in [-0.39, 0.29) is 6.54 Å². The fourth-order valence-corrected chi connectivity index (χ4v) is 2.48. The molecule has 1 atom stereocenters. The molecule has 0 saturated carbocycles. The SMILES string of the molecule is CC(C)n1ncc(C(=O)N[C@@H](C)C(=O)NCc2ccccc2)c1C(F)(F)F. The van der Waals surface area contributed by atoms with Gasteiger partial charge in [-0.1, -0.05) is 30.3 Å². The zero-order valence-corrected chi connectivity index (χ0v) is 15.2. The molecule has 0 unspecified atom stereocenters. The summed E-state index contributed by atoms with van der Waals surface area (Å²) in [5.74, 6) is -1.51. The maximum Gasteiger partial charge on any atom is 0.433 e. The zero-order chi connectivity index (χ0) is 20.2. The number of aromatic nitrogens is 2. The standard InChI is InChI=1S/C18H21F3N4O2/c1-11(2)25-15(18(19,20)21)14(10-23-25)17(27)24-12(3)16(26)22-9-13-7-5-4-6-8-13/h4-8,10-12H,9H2,1-3H3,(H,22,26)(H,24,27)/t12-/m0/s1. The van der Waals surface area contributed by atoms with Crippen LogP contribution in [0.4, 0.5) is 13.2 Å². The van der Waals surface area contributed by atoms with Crippen LogP contribution in [0.5, 0.6) is 0 Å². The van der Waals surface area contributed by atoms with E-state index >= 15 is 0 Å². The molecular formula is C18H21F3N4O2. The summed E-state index contributed by atoms with van der Waals surface area (Å²) in [6, 6.07) is 7.53. The average molecular weight is 382 g/mol. The van der Waals surface area contributed by atoms with Crippen molar-refractivity contribution in [3.63, 3.8) is 0 Å². The smallest absolute Gasteiger partial charge is 0.350 e. The Morgan fingerprint density at radius 3 is 2.33 bits per heavy atom. The number of hydrogen-bond acceptors (Lipinski definition) is 3. The number of amides is 2. The number of hydrogen-bond donors (Lipinski definition) is 2. The van der Waals surface area contributed by atoms with Crippen molar-refractivity contribution in [3.05, 3.63) is 53.3 Å². The summed E-state index contributed by atoms with van der Waals surface area (Å²) in [6.45, 7) is 4.71. The summed E-state index contributed by atoms with van der Waals surface area (Å²) in [6.07, 6.45) is -3.88. The first kappa shape index (κ1) is 20.5. The fourth-order valence-electron chi connectivity index (χ4n) is 2.48. The minimum atomic E-state index is -4.74. The second-order valence-electron chi connectivity index (χ2n) is 6.34. The Labute approximate surface area is 154 Å². The van der Waals surface area contributed by atoms with E-state index in [0.29, 0.717) is 0 Å². The quantitative estimate of drug-likeness (QED) is 0.807. The highest BCUT2D eigenvalue weighted by atomic mass is 19.4. The summed E-state index contributed by atoms with van der Waals surface area (Å²) >= 11 is 0. The van der Waals surface area contributed by atoms with Crippen molar-refractivity contribution in [3.8, 4) is 0 Å². The van der Waals surface area contributed by atoms with Gasteiger partial charge in [-0.2, -0.15) is 18.3 Å². The minimum absolute atomic E-state index is 0.249. The zero-order valence-electron chi connectivity index (χ0n) is 15.2. The molecule has 0 radical (unpaired) electrons. The molecule has 0 bridgehead atoms. The molecule has 27 heavy (non-hydrogen) atoms. The summed E-state index contributed by atoms with van der Waals surface area (Å²) in [5, 5.41) is 8.59. The fraction of sp³-hybridized carbons (Fsp3) is 0.389. The van der Waals surface area contributed by atoms with E-state index in [4.69, 9.17) is 0 Å². The van der Waals surface area contributed by atoms with Crippen LogP contribution in [0.1, 0.15) is 48.4 Å². The molecule has 2 rings (SSSR count). The molecule has 0 aliphatic heterocycles. The maximum atomic E-state index is 13.3. The van der Waals surface area contributed by atoms with Gasteiger partial charge in [0.1, 0.15) is 6.04 Å². The van der Waals surface area contributed by atoms with Crippen LogP contribution in [0.2, 0.25) is 0 Å². The lowest BCUT2D eigenvalue weighted by molar-refractivity contribution is -0.145. The third-order valence-corrected chi connectivity index (χ3v) is 3.85. The Kier molecular flexibility index (Phi) is 6.24. The molecule has 0 saturated heterocycles. The molecule has 0 aliphatic carbocycles. The third kappa shape index (κ3) is 5.08. The molecule has 6 nitrogen and oxygen atoms in total. The number of rotatable bonds is 6. The third-order valence-electron chi connectivity index (χ3n) is 3.85. The molecule has 2 aromatic rings. The molecule has 1 aromatic heterocycles. The number of benzene rings is 1. The lowest BCUT2D eigenvalue weighted by Crippen LogP contribution is -2.44. The van der Waals surface area contributed by atoms with Gasteiger partial charge in [0.2, 0.25) is 5.91 Å². The first-order valence-electron chi connectivity index (χ1n) is 8.38. The van der Waals surface area contributed by atoms with Crippen molar-refractivity contribution in [2.24, 2.45) is 0 Å². The lowest BCUT2D eigenvalue weighted by Gasteiger charge is -2.17. The van der Waals surface area contributed by atoms with Crippen LogP contribution in [-0.4, -0.2) is 27.6 Å². The molecule has 9 heteroatoms. The Morgan fingerprint density at radius 2 is 1.78 bits per heavy atom. The Hall–Kier alpha value is -2.84. The number of alkyl halides is 3. The lowest BCUT2D eigenvalue weighted by atomic mass is 10.2. The van der Waals surface area contributed by atoms with E-state index in [1.165, 1.54) is 20.8 Å². The second-order valence-corrected chi connectivity index (χ2v) is 6.34. The number of carbonyl (C=O) groups is 2. The highest BCUT2D eigenvalue weighted by Crippen LogP contribution is 2.33. The highest BCUT2D eigenvalue weighted by molar-refractivity contribution is 5.98. The van der Waals surface area contributed by atoms with Gasteiger partial charge in [-0.05, 0) is 26.3 Å². The van der Waals surface area contributed by atoms with Crippen molar-refractivity contribution in [1.82, 2.24) is 20.4 Å². The van der Waals surface area contributed by atoms with E-state index in [1.807, 2.05) is 30.3 Å². The van der Waals surface area contributed by atoms with Gasteiger partial charge in [0.25, 0.3) is 5.91 Å². The second kappa shape index (κ2) is 8.24. The van der Waals surface area contributed by atoms with E-state index in [1.54, 1.807) is 0 Å². The molecule has 2 N–H and O–H groups in total. The van der Waals surface area contributed by atoms with Crippen LogP contribution in [-0.2, 0) is 17.5 Å². The summed E-state index contributed by atoms with van der Waals surface area (Å²) in [4.78, 5) is 24.4. The van der Waals surface area contributed by atoms with Crippen LogP contribution >= 0.6 is 0 Å². The average Bonchev–Trinajstić information content (AvgIpc) is 3.06. The minimum Gasteiger partial charge on any atom is -0.350 e. The molecule has 0 fully saturated rings. The molecular weight excluding hydrogens is 361 g/mol. The van der Waals surface area contributed by atoms with Gasteiger partial charge in [-0.15, -0.1) is 0 Å².